The van der Waals surface area contributed by atoms with E-state index in [-0.39, 0.29) is 5.91 Å². The van der Waals surface area contributed by atoms with Crippen molar-refractivity contribution >= 4 is 52.6 Å². The fourth-order valence-electron chi connectivity index (χ4n) is 2.50. The molecule has 3 aromatic rings. The Morgan fingerprint density at radius 2 is 1.88 bits per heavy atom. The molecule has 0 unspecified atom stereocenters. The van der Waals surface area contributed by atoms with Crippen LogP contribution in [0.4, 0.5) is 15.8 Å². The topological polar surface area (TPSA) is 41.1 Å². The summed E-state index contributed by atoms with van der Waals surface area (Å²) in [6.07, 6.45) is 0. The van der Waals surface area contributed by atoms with Gasteiger partial charge in [-0.05, 0) is 60.5 Å². The number of amides is 1. The molecule has 0 saturated carbocycles. The van der Waals surface area contributed by atoms with E-state index < -0.39 is 5.82 Å². The molecule has 1 heterocycles. The van der Waals surface area contributed by atoms with E-state index in [9.17, 15) is 9.18 Å². The molecule has 3 nitrogen and oxygen atoms in total. The molecule has 4 rings (SSSR count). The summed E-state index contributed by atoms with van der Waals surface area (Å²) in [5, 5.41) is 3.29. The molecule has 0 aromatic heterocycles. The average Bonchev–Trinajstić information content (AvgIpc) is 2.76. The number of nitrogens with one attached hydrogen (secondary N) is 2. The van der Waals surface area contributed by atoms with Gasteiger partial charge in [0.2, 0.25) is 0 Å². The molecule has 0 spiro atoms. The monoisotopic (exact) mass is 402 g/mol. The normalized spacial score (nSPS) is 12.6. The van der Waals surface area contributed by atoms with Crippen molar-refractivity contribution in [2.45, 2.75) is 14.7 Å². The maximum atomic E-state index is 13.9. The van der Waals surface area contributed by atoms with Gasteiger partial charge >= 0.3 is 0 Å². The van der Waals surface area contributed by atoms with E-state index in [4.69, 9.17) is 11.6 Å². The highest BCUT2D eigenvalue weighted by Crippen LogP contribution is 2.40. The van der Waals surface area contributed by atoms with Gasteiger partial charge in [-0.3, -0.25) is 4.79 Å². The second-order valence-corrected chi connectivity index (χ2v) is 7.94. The van der Waals surface area contributed by atoms with Crippen LogP contribution in [0.3, 0.4) is 0 Å². The fraction of sp³-hybridized carbons (Fsp3) is 0. The standard InChI is InChI=1S/C19H12ClFN2OS2/c20-11-5-7-15(14(21)9-11)23-26-12-6-8-18-16(10-12)22-19(24)13-3-1-2-4-17(13)25-18/h1-10,23H,(H,22,24). The third-order valence-electron chi connectivity index (χ3n) is 3.76. The van der Waals surface area contributed by atoms with Crippen LogP contribution in [-0.2, 0) is 0 Å². The van der Waals surface area contributed by atoms with Crippen LogP contribution >= 0.6 is 35.3 Å². The lowest BCUT2D eigenvalue weighted by Gasteiger charge is -2.10. The number of rotatable bonds is 3. The molecular formula is C19H12ClFN2OS2. The predicted octanol–water partition coefficient (Wildman–Crippen LogP) is 6.32. The van der Waals surface area contributed by atoms with Crippen LogP contribution in [0.25, 0.3) is 0 Å². The minimum Gasteiger partial charge on any atom is -0.323 e. The zero-order valence-corrected chi connectivity index (χ0v) is 15.6. The lowest BCUT2D eigenvalue weighted by molar-refractivity contribution is 0.102. The van der Waals surface area contributed by atoms with Crippen molar-refractivity contribution in [1.82, 2.24) is 0 Å². The minimum atomic E-state index is -0.418. The third-order valence-corrected chi connectivity index (χ3v) is 5.96. The number of hydrogen-bond donors (Lipinski definition) is 2. The van der Waals surface area contributed by atoms with E-state index in [1.165, 1.54) is 18.0 Å². The largest absolute Gasteiger partial charge is 0.323 e. The fourth-order valence-corrected chi connectivity index (χ4v) is 4.37. The second-order valence-electron chi connectivity index (χ2n) is 5.54. The maximum absolute atomic E-state index is 13.9. The molecule has 0 radical (unpaired) electrons. The molecule has 2 N–H and O–H groups in total. The number of benzene rings is 3. The minimum absolute atomic E-state index is 0.134. The van der Waals surface area contributed by atoms with Gasteiger partial charge in [-0.1, -0.05) is 35.5 Å². The average molecular weight is 403 g/mol. The molecule has 0 bridgehead atoms. The van der Waals surface area contributed by atoms with Gasteiger partial charge in [0.05, 0.1) is 16.9 Å². The Bertz CT molecular complexity index is 1010. The Balaban J connectivity index is 1.56. The Labute approximate surface area is 163 Å². The molecule has 0 saturated heterocycles. The van der Waals surface area contributed by atoms with Crippen molar-refractivity contribution in [3.8, 4) is 0 Å². The summed E-state index contributed by atoms with van der Waals surface area (Å²) in [6, 6.07) is 17.7. The van der Waals surface area contributed by atoms with Gasteiger partial charge in [-0.15, -0.1) is 0 Å². The summed E-state index contributed by atoms with van der Waals surface area (Å²) >= 11 is 8.58. The SMILES string of the molecule is O=C1Nc2cc(SNc3ccc(Cl)cc3F)ccc2Sc2ccccc21. The molecule has 3 aromatic carbocycles. The molecule has 0 fully saturated rings. The molecule has 1 aliphatic heterocycles. The van der Waals surface area contributed by atoms with Crippen molar-refractivity contribution in [2.75, 3.05) is 10.0 Å². The highest BCUT2D eigenvalue weighted by atomic mass is 35.5. The molecule has 1 aliphatic rings. The van der Waals surface area contributed by atoms with Gasteiger partial charge in [0.1, 0.15) is 5.82 Å². The van der Waals surface area contributed by atoms with E-state index in [1.54, 1.807) is 23.9 Å². The van der Waals surface area contributed by atoms with Crippen molar-refractivity contribution < 1.29 is 9.18 Å². The molecule has 7 heteroatoms. The van der Waals surface area contributed by atoms with Gasteiger partial charge in [0, 0.05) is 19.7 Å². The zero-order chi connectivity index (χ0) is 18.1. The first-order valence-electron chi connectivity index (χ1n) is 7.70. The van der Waals surface area contributed by atoms with Gasteiger partial charge in [-0.25, -0.2) is 4.39 Å². The molecule has 0 atom stereocenters. The molecule has 0 aliphatic carbocycles. The van der Waals surface area contributed by atoms with Gasteiger partial charge in [0.25, 0.3) is 5.91 Å². The number of carbonyl (C=O) groups is 1. The first kappa shape index (κ1) is 17.3. The van der Waals surface area contributed by atoms with E-state index in [0.717, 1.165) is 20.4 Å². The van der Waals surface area contributed by atoms with Crippen LogP contribution in [0.15, 0.2) is 75.4 Å². The lowest BCUT2D eigenvalue weighted by atomic mass is 10.2. The second kappa shape index (κ2) is 7.23. The molecule has 26 heavy (non-hydrogen) atoms. The van der Waals surface area contributed by atoms with Crippen molar-refractivity contribution in [3.05, 3.63) is 77.1 Å². The number of halogens is 2. The predicted molar refractivity (Wildman–Crippen MR) is 106 cm³/mol. The molecule has 130 valence electrons. The summed E-state index contributed by atoms with van der Waals surface area (Å²) in [4.78, 5) is 15.2. The van der Waals surface area contributed by atoms with Crippen LogP contribution in [0.5, 0.6) is 0 Å². The molecular weight excluding hydrogens is 391 g/mol. The van der Waals surface area contributed by atoms with Crippen LogP contribution in [0.2, 0.25) is 5.02 Å². The Hall–Kier alpha value is -2.15. The number of carbonyl (C=O) groups excluding carboxylic acids is 1. The van der Waals surface area contributed by atoms with Gasteiger partial charge in [0.15, 0.2) is 0 Å². The summed E-state index contributed by atoms with van der Waals surface area (Å²) in [5.41, 5.74) is 1.74. The van der Waals surface area contributed by atoms with Crippen molar-refractivity contribution in [2.24, 2.45) is 0 Å². The Kier molecular flexibility index (Phi) is 4.80. The van der Waals surface area contributed by atoms with E-state index in [0.29, 0.717) is 16.3 Å². The van der Waals surface area contributed by atoms with Gasteiger partial charge < -0.3 is 10.0 Å². The summed E-state index contributed by atoms with van der Waals surface area (Å²) < 4.78 is 16.8. The third kappa shape index (κ3) is 3.53. The summed E-state index contributed by atoms with van der Waals surface area (Å²) in [6.45, 7) is 0. The zero-order valence-electron chi connectivity index (χ0n) is 13.3. The van der Waals surface area contributed by atoms with Crippen LogP contribution in [0.1, 0.15) is 10.4 Å². The maximum Gasteiger partial charge on any atom is 0.256 e. The van der Waals surface area contributed by atoms with Crippen LogP contribution in [-0.4, -0.2) is 5.91 Å². The molecule has 1 amide bonds. The highest BCUT2D eigenvalue weighted by molar-refractivity contribution is 8.00. The number of hydrogen-bond acceptors (Lipinski definition) is 4. The van der Waals surface area contributed by atoms with Gasteiger partial charge in [-0.2, -0.15) is 0 Å². The first-order chi connectivity index (χ1) is 12.6. The summed E-state index contributed by atoms with van der Waals surface area (Å²) in [5.74, 6) is -0.551. The Morgan fingerprint density at radius 3 is 2.73 bits per heavy atom. The van der Waals surface area contributed by atoms with Crippen LogP contribution < -0.4 is 10.0 Å². The smallest absolute Gasteiger partial charge is 0.256 e. The quantitative estimate of drug-likeness (QED) is 0.503. The van der Waals surface area contributed by atoms with E-state index >= 15 is 0 Å². The van der Waals surface area contributed by atoms with E-state index in [2.05, 4.69) is 10.0 Å². The Morgan fingerprint density at radius 1 is 1.04 bits per heavy atom. The van der Waals surface area contributed by atoms with E-state index in [1.807, 2.05) is 42.5 Å². The highest BCUT2D eigenvalue weighted by Gasteiger charge is 2.19. The summed E-state index contributed by atoms with van der Waals surface area (Å²) in [7, 11) is 0. The van der Waals surface area contributed by atoms with Crippen molar-refractivity contribution in [3.63, 3.8) is 0 Å². The number of anilines is 2. The van der Waals surface area contributed by atoms with Crippen LogP contribution in [0, 0.1) is 5.82 Å². The lowest BCUT2D eigenvalue weighted by Crippen LogP contribution is -2.11. The first-order valence-corrected chi connectivity index (χ1v) is 9.71. The number of fused-ring (bicyclic) bond motifs is 2. The van der Waals surface area contributed by atoms with Crippen molar-refractivity contribution in [1.29, 1.82) is 0 Å².